The van der Waals surface area contributed by atoms with Crippen molar-refractivity contribution in [2.24, 2.45) is 0 Å². The fourth-order valence-electron chi connectivity index (χ4n) is 3.54. The molecule has 0 radical (unpaired) electrons. The Balaban J connectivity index is 1.53. The van der Waals surface area contributed by atoms with Crippen molar-refractivity contribution >= 4 is 0 Å². The predicted octanol–water partition coefficient (Wildman–Crippen LogP) is 3.00. The van der Waals surface area contributed by atoms with Gasteiger partial charge >= 0.3 is 0 Å². The zero-order valence-electron chi connectivity index (χ0n) is 15.0. The quantitative estimate of drug-likeness (QED) is 0.760. The summed E-state index contributed by atoms with van der Waals surface area (Å²) in [5.41, 5.74) is 2.38. The summed E-state index contributed by atoms with van der Waals surface area (Å²) in [6, 6.07) is 8.19. The fraction of sp³-hybridized carbons (Fsp3) is 0.450. The Morgan fingerprint density at radius 3 is 2.77 bits per heavy atom. The van der Waals surface area contributed by atoms with E-state index in [0.29, 0.717) is 11.9 Å². The second-order valence-electron chi connectivity index (χ2n) is 6.69. The van der Waals surface area contributed by atoms with Gasteiger partial charge in [0.15, 0.2) is 11.5 Å². The van der Waals surface area contributed by atoms with E-state index in [4.69, 9.17) is 18.9 Å². The van der Waals surface area contributed by atoms with E-state index in [1.165, 1.54) is 5.56 Å². The third kappa shape index (κ3) is 3.92. The van der Waals surface area contributed by atoms with Gasteiger partial charge < -0.3 is 18.9 Å². The molecule has 2 aliphatic heterocycles. The van der Waals surface area contributed by atoms with Crippen LogP contribution in [0.25, 0.3) is 0 Å². The van der Waals surface area contributed by atoms with E-state index in [0.717, 1.165) is 56.1 Å². The van der Waals surface area contributed by atoms with Gasteiger partial charge in [-0.2, -0.15) is 0 Å². The Morgan fingerprint density at radius 1 is 1.15 bits per heavy atom. The van der Waals surface area contributed by atoms with Crippen LogP contribution in [0.1, 0.15) is 24.0 Å². The first kappa shape index (κ1) is 17.1. The summed E-state index contributed by atoms with van der Waals surface area (Å²) in [6.45, 7) is 3.64. The number of methoxy groups -OCH3 is 1. The summed E-state index contributed by atoms with van der Waals surface area (Å²) < 4.78 is 22.4. The lowest BCUT2D eigenvalue weighted by atomic mass is 10.1. The lowest BCUT2D eigenvalue weighted by Crippen LogP contribution is -2.31. The maximum Gasteiger partial charge on any atom is 0.231 e. The zero-order valence-corrected chi connectivity index (χ0v) is 15.0. The molecule has 6 heteroatoms. The molecule has 0 saturated carbocycles. The third-order valence-electron chi connectivity index (χ3n) is 4.77. The highest BCUT2D eigenvalue weighted by atomic mass is 16.7. The Kier molecular flexibility index (Phi) is 5.22. The SMILES string of the molecule is COc1cc(CN(Cc2ccncc2)C[C@H]2CCCO2)cc2c1OCO2. The van der Waals surface area contributed by atoms with Gasteiger partial charge in [0.2, 0.25) is 12.5 Å². The van der Waals surface area contributed by atoms with E-state index >= 15 is 0 Å². The predicted molar refractivity (Wildman–Crippen MR) is 96.4 cm³/mol. The number of hydrogen-bond acceptors (Lipinski definition) is 6. The molecule has 0 N–H and O–H groups in total. The molecule has 1 atom stereocenters. The zero-order chi connectivity index (χ0) is 17.8. The summed E-state index contributed by atoms with van der Waals surface area (Å²) >= 11 is 0. The lowest BCUT2D eigenvalue weighted by Gasteiger charge is -2.25. The van der Waals surface area contributed by atoms with Gasteiger partial charge in [-0.25, -0.2) is 0 Å². The van der Waals surface area contributed by atoms with Crippen molar-refractivity contribution in [3.8, 4) is 17.2 Å². The highest BCUT2D eigenvalue weighted by molar-refractivity contribution is 5.55. The Hall–Kier alpha value is -2.31. The molecule has 0 unspecified atom stereocenters. The highest BCUT2D eigenvalue weighted by Crippen LogP contribution is 2.42. The van der Waals surface area contributed by atoms with E-state index in [1.54, 1.807) is 7.11 Å². The molecule has 0 bridgehead atoms. The third-order valence-corrected chi connectivity index (χ3v) is 4.77. The van der Waals surface area contributed by atoms with E-state index < -0.39 is 0 Å². The van der Waals surface area contributed by atoms with Gasteiger partial charge in [0.25, 0.3) is 0 Å². The van der Waals surface area contributed by atoms with E-state index in [-0.39, 0.29) is 6.79 Å². The van der Waals surface area contributed by atoms with E-state index in [1.807, 2.05) is 24.5 Å². The normalized spacial score (nSPS) is 18.5. The van der Waals surface area contributed by atoms with Crippen molar-refractivity contribution in [1.82, 2.24) is 9.88 Å². The molecule has 26 heavy (non-hydrogen) atoms. The topological polar surface area (TPSA) is 53.1 Å². The van der Waals surface area contributed by atoms with Crippen LogP contribution < -0.4 is 14.2 Å². The van der Waals surface area contributed by atoms with Crippen LogP contribution in [0.4, 0.5) is 0 Å². The first-order chi connectivity index (χ1) is 12.8. The molecule has 2 aliphatic rings. The molecule has 3 heterocycles. The standard InChI is InChI=1S/C20H24N2O4/c1-23-18-9-16(10-19-20(18)26-14-25-19)12-22(13-17-3-2-8-24-17)11-15-4-6-21-7-5-15/h4-7,9-10,17H,2-3,8,11-14H2,1H3/t17-/m1/s1. The molecule has 4 rings (SSSR count). The Morgan fingerprint density at radius 2 is 2.00 bits per heavy atom. The molecular weight excluding hydrogens is 332 g/mol. The molecule has 6 nitrogen and oxygen atoms in total. The van der Waals surface area contributed by atoms with Crippen molar-refractivity contribution in [3.63, 3.8) is 0 Å². The fourth-order valence-corrected chi connectivity index (χ4v) is 3.54. The van der Waals surface area contributed by atoms with Crippen LogP contribution in [0.2, 0.25) is 0 Å². The van der Waals surface area contributed by atoms with Gasteiger partial charge in [0.05, 0.1) is 13.2 Å². The number of rotatable bonds is 7. The number of pyridine rings is 1. The summed E-state index contributed by atoms with van der Waals surface area (Å²) in [7, 11) is 1.65. The molecule has 1 aromatic heterocycles. The van der Waals surface area contributed by atoms with Gasteiger partial charge in [-0.05, 0) is 48.2 Å². The van der Waals surface area contributed by atoms with Crippen LogP contribution in [-0.4, -0.2) is 43.0 Å². The lowest BCUT2D eigenvalue weighted by molar-refractivity contribution is 0.0678. The van der Waals surface area contributed by atoms with Crippen LogP contribution >= 0.6 is 0 Å². The number of aromatic nitrogens is 1. The minimum atomic E-state index is 0.242. The molecule has 1 saturated heterocycles. The van der Waals surface area contributed by atoms with Gasteiger partial charge in [0.1, 0.15) is 0 Å². The van der Waals surface area contributed by atoms with Crippen LogP contribution in [0.15, 0.2) is 36.7 Å². The minimum Gasteiger partial charge on any atom is -0.493 e. The summed E-state index contributed by atoms with van der Waals surface area (Å²) in [5, 5.41) is 0. The van der Waals surface area contributed by atoms with E-state index in [9.17, 15) is 0 Å². The molecule has 2 aromatic rings. The molecule has 0 aliphatic carbocycles. The first-order valence-electron chi connectivity index (χ1n) is 9.01. The van der Waals surface area contributed by atoms with Gasteiger partial charge in [-0.1, -0.05) is 0 Å². The number of nitrogens with zero attached hydrogens (tertiary/aromatic N) is 2. The second kappa shape index (κ2) is 7.93. The van der Waals surface area contributed by atoms with Gasteiger partial charge in [-0.3, -0.25) is 9.88 Å². The summed E-state index contributed by atoms with van der Waals surface area (Å²) in [6.07, 6.45) is 6.24. The smallest absolute Gasteiger partial charge is 0.231 e. The maximum atomic E-state index is 5.85. The molecule has 138 valence electrons. The summed E-state index contributed by atoms with van der Waals surface area (Å²) in [5.74, 6) is 2.16. The average Bonchev–Trinajstić information content (AvgIpc) is 3.33. The molecule has 1 aromatic carbocycles. The van der Waals surface area contributed by atoms with Crippen LogP contribution in [0.3, 0.4) is 0 Å². The van der Waals surface area contributed by atoms with Gasteiger partial charge in [-0.15, -0.1) is 0 Å². The second-order valence-corrected chi connectivity index (χ2v) is 6.69. The van der Waals surface area contributed by atoms with Gasteiger partial charge in [0, 0.05) is 38.6 Å². The Labute approximate surface area is 153 Å². The summed E-state index contributed by atoms with van der Waals surface area (Å²) in [4.78, 5) is 6.52. The van der Waals surface area contributed by atoms with Crippen LogP contribution in [0.5, 0.6) is 17.2 Å². The average molecular weight is 356 g/mol. The van der Waals surface area contributed by atoms with Crippen molar-refractivity contribution in [2.75, 3.05) is 27.1 Å². The number of ether oxygens (including phenoxy) is 4. The first-order valence-corrected chi connectivity index (χ1v) is 9.01. The monoisotopic (exact) mass is 356 g/mol. The van der Waals surface area contributed by atoms with Crippen molar-refractivity contribution < 1.29 is 18.9 Å². The molecular formula is C20H24N2O4. The molecule has 1 fully saturated rings. The minimum absolute atomic E-state index is 0.242. The largest absolute Gasteiger partial charge is 0.493 e. The Bertz CT molecular complexity index is 732. The maximum absolute atomic E-state index is 5.85. The van der Waals surface area contributed by atoms with E-state index in [2.05, 4.69) is 22.0 Å². The van der Waals surface area contributed by atoms with Crippen molar-refractivity contribution in [2.45, 2.75) is 32.0 Å². The van der Waals surface area contributed by atoms with Crippen LogP contribution in [0, 0.1) is 0 Å². The molecule has 0 spiro atoms. The molecule has 0 amide bonds. The van der Waals surface area contributed by atoms with Crippen molar-refractivity contribution in [3.05, 3.63) is 47.8 Å². The van der Waals surface area contributed by atoms with Crippen LogP contribution in [-0.2, 0) is 17.8 Å². The van der Waals surface area contributed by atoms with Crippen molar-refractivity contribution in [1.29, 1.82) is 0 Å². The number of benzene rings is 1. The number of fused-ring (bicyclic) bond motifs is 1. The highest BCUT2D eigenvalue weighted by Gasteiger charge is 2.23. The number of hydrogen-bond donors (Lipinski definition) is 0.